The number of halogens is 2. The number of hydrogen-bond acceptors (Lipinski definition) is 7. The average molecular weight is 596 g/mol. The number of aromatic nitrogens is 4. The molecule has 1 aromatic heterocycles. The zero-order valence-electron chi connectivity index (χ0n) is 20.6. The van der Waals surface area contributed by atoms with Gasteiger partial charge in [0.25, 0.3) is 5.91 Å². The van der Waals surface area contributed by atoms with Crippen molar-refractivity contribution in [2.75, 3.05) is 17.2 Å². The van der Waals surface area contributed by atoms with E-state index in [2.05, 4.69) is 42.1 Å². The van der Waals surface area contributed by atoms with Crippen LogP contribution in [0.5, 0.6) is 11.5 Å². The third kappa shape index (κ3) is 5.36. The molecule has 2 N–H and O–H groups in total. The van der Waals surface area contributed by atoms with Gasteiger partial charge in [-0.25, -0.2) is 0 Å². The maximum Gasteiger partial charge on any atom is 0.255 e. The van der Waals surface area contributed by atoms with Crippen LogP contribution in [-0.4, -0.2) is 32.7 Å². The summed E-state index contributed by atoms with van der Waals surface area (Å²) in [6.45, 7) is 4.47. The molecule has 1 unspecified atom stereocenters. The number of tetrazole rings is 1. The van der Waals surface area contributed by atoms with Gasteiger partial charge < -0.3 is 20.1 Å². The van der Waals surface area contributed by atoms with Crippen molar-refractivity contribution in [3.8, 4) is 11.5 Å². The van der Waals surface area contributed by atoms with E-state index >= 15 is 0 Å². The van der Waals surface area contributed by atoms with E-state index in [0.717, 1.165) is 11.1 Å². The molecule has 3 aromatic carbocycles. The van der Waals surface area contributed by atoms with Crippen LogP contribution in [0.3, 0.4) is 0 Å². The van der Waals surface area contributed by atoms with Crippen LogP contribution in [0.4, 0.5) is 11.6 Å². The van der Waals surface area contributed by atoms with Crippen molar-refractivity contribution in [2.45, 2.75) is 26.5 Å². The lowest BCUT2D eigenvalue weighted by Crippen LogP contribution is -2.31. The maximum atomic E-state index is 13.6. The van der Waals surface area contributed by atoms with Crippen LogP contribution in [-0.2, 0) is 11.4 Å². The second kappa shape index (κ2) is 11.2. The highest BCUT2D eigenvalue weighted by molar-refractivity contribution is 9.10. The van der Waals surface area contributed by atoms with Gasteiger partial charge in [-0.15, -0.1) is 0 Å². The van der Waals surface area contributed by atoms with E-state index in [0.29, 0.717) is 57.1 Å². The summed E-state index contributed by atoms with van der Waals surface area (Å²) in [5, 5.41) is 18.9. The molecule has 38 heavy (non-hydrogen) atoms. The van der Waals surface area contributed by atoms with Gasteiger partial charge in [-0.1, -0.05) is 47.0 Å². The molecular weight excluding hydrogens is 572 g/mol. The number of hydrogen-bond donors (Lipinski definition) is 2. The first-order chi connectivity index (χ1) is 18.4. The SMILES string of the molecule is CCOc1cc(C2C(C(=O)Nc3ccccc3)=C(C)Nc3nnnn32)cc(Br)c1OCc1ccc(Cl)cc1. The number of allylic oxidation sites excluding steroid dienone is 1. The highest BCUT2D eigenvalue weighted by Crippen LogP contribution is 2.43. The van der Waals surface area contributed by atoms with Crippen molar-refractivity contribution in [1.82, 2.24) is 20.2 Å². The van der Waals surface area contributed by atoms with Gasteiger partial charge in [-0.3, -0.25) is 4.79 Å². The number of nitrogens with zero attached hydrogens (tertiary/aromatic N) is 4. The van der Waals surface area contributed by atoms with E-state index in [9.17, 15) is 4.79 Å². The minimum Gasteiger partial charge on any atom is -0.490 e. The molecule has 0 radical (unpaired) electrons. The number of benzene rings is 3. The monoisotopic (exact) mass is 594 g/mol. The molecule has 9 nitrogen and oxygen atoms in total. The zero-order valence-corrected chi connectivity index (χ0v) is 23.0. The Morgan fingerprint density at radius 1 is 1.13 bits per heavy atom. The zero-order chi connectivity index (χ0) is 26.6. The fourth-order valence-electron chi connectivity index (χ4n) is 4.22. The Hall–Kier alpha value is -3.89. The molecule has 5 rings (SSSR count). The molecule has 0 saturated carbocycles. The average Bonchev–Trinajstić information content (AvgIpc) is 3.37. The lowest BCUT2D eigenvalue weighted by Gasteiger charge is -2.28. The minimum absolute atomic E-state index is 0.274. The smallest absolute Gasteiger partial charge is 0.255 e. The standard InChI is InChI=1S/C27H24BrClN6O3/c1-3-37-22-14-18(13-21(28)25(22)38-15-17-9-11-19(29)12-10-17)24-23(16(2)30-27-32-33-34-35(24)27)26(36)31-20-7-5-4-6-8-20/h4-14,24H,3,15H2,1-2H3,(H,31,36)(H,30,32,34). The summed E-state index contributed by atoms with van der Waals surface area (Å²) in [6, 6.07) is 19.9. The Morgan fingerprint density at radius 3 is 2.63 bits per heavy atom. The van der Waals surface area contributed by atoms with Gasteiger partial charge in [-0.05, 0) is 87.7 Å². The number of amides is 1. The Bertz CT molecular complexity index is 1490. The Labute approximate surface area is 232 Å². The van der Waals surface area contributed by atoms with E-state index in [-0.39, 0.29) is 5.91 Å². The number of anilines is 2. The molecule has 1 atom stereocenters. The minimum atomic E-state index is -0.620. The summed E-state index contributed by atoms with van der Waals surface area (Å²) in [7, 11) is 0. The Balaban J connectivity index is 1.52. The molecule has 0 spiro atoms. The maximum absolute atomic E-state index is 13.6. The van der Waals surface area contributed by atoms with Gasteiger partial charge in [0.15, 0.2) is 11.5 Å². The fraction of sp³-hybridized carbons (Fsp3) is 0.185. The van der Waals surface area contributed by atoms with Gasteiger partial charge in [-0.2, -0.15) is 4.68 Å². The van der Waals surface area contributed by atoms with Crippen LogP contribution < -0.4 is 20.1 Å². The molecule has 0 saturated heterocycles. The van der Waals surface area contributed by atoms with Gasteiger partial charge >= 0.3 is 0 Å². The van der Waals surface area contributed by atoms with E-state index in [1.54, 1.807) is 4.68 Å². The van der Waals surface area contributed by atoms with Gasteiger partial charge in [0.05, 0.1) is 16.7 Å². The van der Waals surface area contributed by atoms with Crippen LogP contribution in [0.25, 0.3) is 0 Å². The summed E-state index contributed by atoms with van der Waals surface area (Å²) in [5.74, 6) is 1.23. The molecule has 194 valence electrons. The molecule has 0 bridgehead atoms. The molecular formula is C27H24BrClN6O3. The second-order valence-electron chi connectivity index (χ2n) is 8.51. The summed E-state index contributed by atoms with van der Waals surface area (Å²) in [5.41, 5.74) is 3.50. The predicted octanol–water partition coefficient (Wildman–Crippen LogP) is 5.99. The van der Waals surface area contributed by atoms with E-state index < -0.39 is 6.04 Å². The number of fused-ring (bicyclic) bond motifs is 1. The van der Waals surface area contributed by atoms with Crippen LogP contribution in [0, 0.1) is 0 Å². The van der Waals surface area contributed by atoms with Gasteiger partial charge in [0, 0.05) is 16.4 Å². The molecule has 0 aliphatic carbocycles. The number of rotatable bonds is 8. The first-order valence-electron chi connectivity index (χ1n) is 11.9. The lowest BCUT2D eigenvalue weighted by molar-refractivity contribution is -0.113. The van der Waals surface area contributed by atoms with E-state index in [1.165, 1.54) is 0 Å². The lowest BCUT2D eigenvalue weighted by atomic mass is 9.94. The Kier molecular flexibility index (Phi) is 7.62. The van der Waals surface area contributed by atoms with Crippen molar-refractivity contribution in [2.24, 2.45) is 0 Å². The molecule has 4 aromatic rings. The molecule has 2 heterocycles. The summed E-state index contributed by atoms with van der Waals surface area (Å²) in [6.07, 6.45) is 0. The second-order valence-corrected chi connectivity index (χ2v) is 9.80. The molecule has 1 amide bonds. The predicted molar refractivity (Wildman–Crippen MR) is 148 cm³/mol. The van der Waals surface area contributed by atoms with Crippen molar-refractivity contribution >= 4 is 45.1 Å². The van der Waals surface area contributed by atoms with Crippen LogP contribution >= 0.6 is 27.5 Å². The van der Waals surface area contributed by atoms with Crippen molar-refractivity contribution in [1.29, 1.82) is 0 Å². The molecule has 1 aliphatic rings. The first kappa shape index (κ1) is 25.7. The van der Waals surface area contributed by atoms with Crippen molar-refractivity contribution < 1.29 is 14.3 Å². The fourth-order valence-corrected chi connectivity index (χ4v) is 4.92. The van der Waals surface area contributed by atoms with Crippen LogP contribution in [0.2, 0.25) is 5.02 Å². The highest BCUT2D eigenvalue weighted by Gasteiger charge is 2.35. The normalized spacial score (nSPS) is 14.5. The van der Waals surface area contributed by atoms with Gasteiger partial charge in [0.1, 0.15) is 12.6 Å². The van der Waals surface area contributed by atoms with Crippen LogP contribution in [0.15, 0.2) is 82.5 Å². The molecule has 0 fully saturated rings. The number of carbonyl (C=O) groups excluding carboxylic acids is 1. The Morgan fingerprint density at radius 2 is 1.89 bits per heavy atom. The third-order valence-corrected chi connectivity index (χ3v) is 6.78. The molecule has 11 heteroatoms. The quantitative estimate of drug-likeness (QED) is 0.258. The first-order valence-corrected chi connectivity index (χ1v) is 13.1. The number of para-hydroxylation sites is 1. The third-order valence-electron chi connectivity index (χ3n) is 5.93. The highest BCUT2D eigenvalue weighted by atomic mass is 79.9. The largest absolute Gasteiger partial charge is 0.490 e. The van der Waals surface area contributed by atoms with Crippen LogP contribution in [0.1, 0.15) is 31.0 Å². The van der Waals surface area contributed by atoms with Crippen molar-refractivity contribution in [3.63, 3.8) is 0 Å². The van der Waals surface area contributed by atoms with Crippen molar-refractivity contribution in [3.05, 3.63) is 98.6 Å². The summed E-state index contributed by atoms with van der Waals surface area (Å²) in [4.78, 5) is 13.6. The number of carbonyl (C=O) groups is 1. The number of ether oxygens (including phenoxy) is 2. The number of nitrogens with one attached hydrogen (secondary N) is 2. The molecule has 1 aliphatic heterocycles. The topological polar surface area (TPSA) is 103 Å². The van der Waals surface area contributed by atoms with E-state index in [1.807, 2.05) is 80.6 Å². The van der Waals surface area contributed by atoms with E-state index in [4.69, 9.17) is 21.1 Å². The van der Waals surface area contributed by atoms with Gasteiger partial charge in [0.2, 0.25) is 5.95 Å². The summed E-state index contributed by atoms with van der Waals surface area (Å²) < 4.78 is 14.4. The summed E-state index contributed by atoms with van der Waals surface area (Å²) >= 11 is 9.67.